The molecular weight excluding hydrogens is 375 g/mol. The number of halogens is 1. The van der Waals surface area contributed by atoms with Gasteiger partial charge in [-0.05, 0) is 43.0 Å². The molecule has 27 heavy (non-hydrogen) atoms. The van der Waals surface area contributed by atoms with E-state index in [0.717, 1.165) is 54.3 Å². The van der Waals surface area contributed by atoms with Gasteiger partial charge >= 0.3 is 5.97 Å². The van der Waals surface area contributed by atoms with Crippen LogP contribution in [0.5, 0.6) is 0 Å². The van der Waals surface area contributed by atoms with Crippen molar-refractivity contribution in [2.75, 3.05) is 20.2 Å². The molecule has 1 aliphatic rings. The van der Waals surface area contributed by atoms with Crippen molar-refractivity contribution in [1.29, 1.82) is 0 Å². The van der Waals surface area contributed by atoms with Crippen molar-refractivity contribution in [2.45, 2.75) is 43.5 Å². The van der Waals surface area contributed by atoms with E-state index in [4.69, 9.17) is 4.74 Å². The van der Waals surface area contributed by atoms with Gasteiger partial charge in [-0.15, -0.1) is 0 Å². The van der Waals surface area contributed by atoms with Crippen molar-refractivity contribution in [3.63, 3.8) is 0 Å². The smallest absolute Gasteiger partial charge is 0.321 e. The number of nitrogens with zero attached hydrogens (tertiary/aromatic N) is 1. The van der Waals surface area contributed by atoms with Gasteiger partial charge in [-0.1, -0.05) is 19.8 Å². The fourth-order valence-corrected chi connectivity index (χ4v) is 4.14. The number of sulfonamides is 1. The van der Waals surface area contributed by atoms with Crippen molar-refractivity contribution in [3.05, 3.63) is 30.1 Å². The van der Waals surface area contributed by atoms with E-state index in [1.807, 2.05) is 0 Å². The van der Waals surface area contributed by atoms with E-state index < -0.39 is 40.9 Å². The number of amides is 1. The molecule has 0 heterocycles. The van der Waals surface area contributed by atoms with Crippen LogP contribution in [0, 0.1) is 11.7 Å². The molecule has 0 spiro atoms. The van der Waals surface area contributed by atoms with Crippen LogP contribution in [0.4, 0.5) is 4.39 Å². The number of rotatable bonds is 7. The molecule has 2 atom stereocenters. The Labute approximate surface area is 158 Å². The average molecular weight is 400 g/mol. The molecule has 2 rings (SSSR count). The molecule has 1 fully saturated rings. The monoisotopic (exact) mass is 400 g/mol. The molecule has 0 bridgehead atoms. The molecule has 1 aliphatic carbocycles. The van der Waals surface area contributed by atoms with Crippen molar-refractivity contribution in [3.8, 4) is 0 Å². The molecular formula is C18H25FN2O5S. The molecule has 1 N–H and O–H groups in total. The summed E-state index contributed by atoms with van der Waals surface area (Å²) in [6.07, 6.45) is 4.16. The minimum atomic E-state index is -3.95. The third kappa shape index (κ3) is 6.00. The van der Waals surface area contributed by atoms with E-state index >= 15 is 0 Å². The second kappa shape index (κ2) is 9.27. The van der Waals surface area contributed by atoms with Gasteiger partial charge in [0.2, 0.25) is 10.0 Å². The van der Waals surface area contributed by atoms with Crippen LogP contribution in [-0.4, -0.2) is 50.8 Å². The first-order valence-corrected chi connectivity index (χ1v) is 10.3. The molecule has 0 aliphatic heterocycles. The van der Waals surface area contributed by atoms with E-state index in [-0.39, 0.29) is 10.9 Å². The zero-order valence-corrected chi connectivity index (χ0v) is 16.3. The quantitative estimate of drug-likeness (QED) is 0.703. The van der Waals surface area contributed by atoms with E-state index in [1.165, 1.54) is 7.05 Å². The Morgan fingerprint density at radius 1 is 1.22 bits per heavy atom. The molecule has 0 aromatic heterocycles. The maximum Gasteiger partial charge on any atom is 0.321 e. The van der Waals surface area contributed by atoms with Crippen LogP contribution in [0.1, 0.15) is 32.6 Å². The van der Waals surface area contributed by atoms with Crippen molar-refractivity contribution >= 4 is 21.9 Å². The predicted octanol–water partition coefficient (Wildman–Crippen LogP) is 1.68. The number of hydrogen-bond donors (Lipinski definition) is 1. The van der Waals surface area contributed by atoms with Gasteiger partial charge in [0.1, 0.15) is 12.4 Å². The van der Waals surface area contributed by atoms with Gasteiger partial charge in [0.15, 0.2) is 6.61 Å². The SMILES string of the molecule is C[C@H]1CCCC[C@@H]1NC(=O)COC(=O)CN(C)S(=O)(=O)c1ccc(F)cc1. The van der Waals surface area contributed by atoms with Gasteiger partial charge in [-0.25, -0.2) is 12.8 Å². The van der Waals surface area contributed by atoms with E-state index in [9.17, 15) is 22.4 Å². The van der Waals surface area contributed by atoms with Gasteiger partial charge in [0.05, 0.1) is 4.90 Å². The van der Waals surface area contributed by atoms with Crippen LogP contribution in [0.3, 0.4) is 0 Å². The summed E-state index contributed by atoms with van der Waals surface area (Å²) in [5.74, 6) is -1.42. The fourth-order valence-electron chi connectivity index (χ4n) is 3.02. The number of hydrogen-bond acceptors (Lipinski definition) is 5. The zero-order chi connectivity index (χ0) is 20.0. The lowest BCUT2D eigenvalue weighted by atomic mass is 9.86. The standard InChI is InChI=1S/C18H25FN2O5S/c1-13-5-3-4-6-16(13)20-17(22)12-26-18(23)11-21(2)27(24,25)15-9-7-14(19)8-10-15/h7-10,13,16H,3-6,11-12H2,1-2H3,(H,20,22)/t13-,16-/m0/s1. The number of esters is 1. The third-order valence-electron chi connectivity index (χ3n) is 4.70. The summed E-state index contributed by atoms with van der Waals surface area (Å²) in [7, 11) is -2.74. The van der Waals surface area contributed by atoms with Gasteiger partial charge in [-0.2, -0.15) is 4.31 Å². The highest BCUT2D eigenvalue weighted by molar-refractivity contribution is 7.89. The summed E-state index contributed by atoms with van der Waals surface area (Å²) in [5.41, 5.74) is 0. The minimum Gasteiger partial charge on any atom is -0.455 e. The summed E-state index contributed by atoms with van der Waals surface area (Å²) in [6.45, 7) is 1.07. The lowest BCUT2D eigenvalue weighted by Crippen LogP contribution is -2.43. The molecule has 0 radical (unpaired) electrons. The predicted molar refractivity (Wildman–Crippen MR) is 96.7 cm³/mol. The summed E-state index contributed by atoms with van der Waals surface area (Å²) in [6, 6.07) is 4.36. The molecule has 9 heteroatoms. The molecule has 0 unspecified atom stereocenters. The minimum absolute atomic E-state index is 0.0754. The topological polar surface area (TPSA) is 92.8 Å². The van der Waals surface area contributed by atoms with Gasteiger partial charge in [0.25, 0.3) is 5.91 Å². The Morgan fingerprint density at radius 2 is 1.85 bits per heavy atom. The number of likely N-dealkylation sites (N-methyl/N-ethyl adjacent to an activating group) is 1. The maximum atomic E-state index is 12.9. The van der Waals surface area contributed by atoms with Crippen LogP contribution in [0.15, 0.2) is 29.2 Å². The second-order valence-corrected chi connectivity index (χ2v) is 8.86. The summed E-state index contributed by atoms with van der Waals surface area (Å²) in [4.78, 5) is 23.7. The Balaban J connectivity index is 1.82. The van der Waals surface area contributed by atoms with Crippen molar-refractivity contribution in [1.82, 2.24) is 9.62 Å². The highest BCUT2D eigenvalue weighted by atomic mass is 32.2. The Hall–Kier alpha value is -2.00. The molecule has 0 saturated heterocycles. The number of nitrogens with one attached hydrogen (secondary N) is 1. The Bertz CT molecular complexity index is 766. The van der Waals surface area contributed by atoms with Crippen LogP contribution in [-0.2, 0) is 24.3 Å². The van der Waals surface area contributed by atoms with Crippen LogP contribution < -0.4 is 5.32 Å². The normalized spacial score (nSPS) is 20.3. The number of carbonyl (C=O) groups excluding carboxylic acids is 2. The van der Waals surface area contributed by atoms with Gasteiger partial charge < -0.3 is 10.1 Å². The number of ether oxygens (including phenoxy) is 1. The fraction of sp³-hybridized carbons (Fsp3) is 0.556. The molecule has 1 saturated carbocycles. The van der Waals surface area contributed by atoms with Crippen LogP contribution in [0.25, 0.3) is 0 Å². The summed E-state index contributed by atoms with van der Waals surface area (Å²) >= 11 is 0. The summed E-state index contributed by atoms with van der Waals surface area (Å²) in [5, 5.41) is 2.86. The van der Waals surface area contributed by atoms with Crippen molar-refractivity contribution in [2.24, 2.45) is 5.92 Å². The summed E-state index contributed by atoms with van der Waals surface area (Å²) < 4.78 is 43.3. The molecule has 7 nitrogen and oxygen atoms in total. The highest BCUT2D eigenvalue weighted by Gasteiger charge is 2.25. The second-order valence-electron chi connectivity index (χ2n) is 6.81. The third-order valence-corrected chi connectivity index (χ3v) is 6.51. The van der Waals surface area contributed by atoms with Gasteiger partial charge in [-0.3, -0.25) is 9.59 Å². The first-order valence-electron chi connectivity index (χ1n) is 8.87. The van der Waals surface area contributed by atoms with Crippen LogP contribution >= 0.6 is 0 Å². The van der Waals surface area contributed by atoms with Crippen molar-refractivity contribution < 1.29 is 27.1 Å². The zero-order valence-electron chi connectivity index (χ0n) is 15.5. The highest BCUT2D eigenvalue weighted by Crippen LogP contribution is 2.23. The maximum absolute atomic E-state index is 12.9. The largest absolute Gasteiger partial charge is 0.455 e. The molecule has 1 amide bonds. The average Bonchev–Trinajstić information content (AvgIpc) is 2.62. The first-order chi connectivity index (χ1) is 12.7. The molecule has 1 aromatic carbocycles. The lowest BCUT2D eigenvalue weighted by molar-refractivity contribution is -0.148. The molecule has 1 aromatic rings. The van der Waals surface area contributed by atoms with E-state index in [1.54, 1.807) is 0 Å². The number of benzene rings is 1. The van der Waals surface area contributed by atoms with E-state index in [0.29, 0.717) is 5.92 Å². The number of carbonyl (C=O) groups is 2. The lowest BCUT2D eigenvalue weighted by Gasteiger charge is -2.29. The van der Waals surface area contributed by atoms with Gasteiger partial charge in [0, 0.05) is 13.1 Å². The molecule has 150 valence electrons. The van der Waals surface area contributed by atoms with E-state index in [2.05, 4.69) is 12.2 Å². The first kappa shape index (κ1) is 21.3. The Morgan fingerprint density at radius 3 is 2.48 bits per heavy atom. The van der Waals surface area contributed by atoms with Crippen LogP contribution in [0.2, 0.25) is 0 Å². The Kier molecular flexibility index (Phi) is 7.32.